The molecule has 0 aromatic heterocycles. The SMILES string of the molecule is COC(C)(C)C(=O)Nc1ccc(C#CCCO)cc1F. The molecule has 1 aromatic rings. The van der Waals surface area contributed by atoms with Crippen LogP contribution in [0, 0.1) is 17.7 Å². The highest BCUT2D eigenvalue weighted by molar-refractivity contribution is 5.96. The molecule has 0 aliphatic carbocycles. The number of hydrogen-bond donors (Lipinski definition) is 2. The number of benzene rings is 1. The monoisotopic (exact) mass is 279 g/mol. The lowest BCUT2D eigenvalue weighted by Gasteiger charge is -2.21. The highest BCUT2D eigenvalue weighted by atomic mass is 19.1. The minimum Gasteiger partial charge on any atom is -0.395 e. The van der Waals surface area contributed by atoms with Gasteiger partial charge in [0.25, 0.3) is 5.91 Å². The number of aliphatic hydroxyl groups is 1. The molecule has 0 saturated carbocycles. The van der Waals surface area contributed by atoms with Crippen molar-refractivity contribution in [2.45, 2.75) is 25.9 Å². The first-order valence-corrected chi connectivity index (χ1v) is 6.16. The van der Waals surface area contributed by atoms with E-state index in [1.165, 1.54) is 19.2 Å². The van der Waals surface area contributed by atoms with E-state index in [9.17, 15) is 9.18 Å². The Morgan fingerprint density at radius 1 is 1.50 bits per heavy atom. The molecule has 0 radical (unpaired) electrons. The van der Waals surface area contributed by atoms with Crippen molar-refractivity contribution in [1.82, 2.24) is 0 Å². The van der Waals surface area contributed by atoms with Crippen LogP contribution in [0.4, 0.5) is 10.1 Å². The molecule has 0 aliphatic rings. The average molecular weight is 279 g/mol. The van der Waals surface area contributed by atoms with E-state index in [0.29, 0.717) is 12.0 Å². The Morgan fingerprint density at radius 3 is 2.75 bits per heavy atom. The summed E-state index contributed by atoms with van der Waals surface area (Å²) in [5.74, 6) is 4.42. The Bertz CT molecular complexity index is 544. The summed E-state index contributed by atoms with van der Waals surface area (Å²) in [5, 5.41) is 11.1. The van der Waals surface area contributed by atoms with Gasteiger partial charge in [-0.3, -0.25) is 4.79 Å². The van der Waals surface area contributed by atoms with Crippen molar-refractivity contribution < 1.29 is 19.0 Å². The van der Waals surface area contributed by atoms with Crippen LogP contribution >= 0.6 is 0 Å². The minimum atomic E-state index is -1.04. The lowest BCUT2D eigenvalue weighted by molar-refractivity contribution is -0.133. The van der Waals surface area contributed by atoms with Crippen LogP contribution in [0.1, 0.15) is 25.8 Å². The highest BCUT2D eigenvalue weighted by Crippen LogP contribution is 2.18. The van der Waals surface area contributed by atoms with E-state index in [-0.39, 0.29) is 12.3 Å². The predicted octanol–water partition coefficient (Wildman–Crippen LogP) is 1.92. The number of nitrogens with one attached hydrogen (secondary N) is 1. The maximum atomic E-state index is 13.8. The second kappa shape index (κ2) is 7.04. The summed E-state index contributed by atoms with van der Waals surface area (Å²) in [4.78, 5) is 11.9. The van der Waals surface area contributed by atoms with E-state index in [0.717, 1.165) is 0 Å². The van der Waals surface area contributed by atoms with Crippen LogP contribution in [-0.2, 0) is 9.53 Å². The fourth-order valence-corrected chi connectivity index (χ4v) is 1.28. The molecule has 1 rings (SSSR count). The fourth-order valence-electron chi connectivity index (χ4n) is 1.28. The number of halogens is 1. The Balaban J connectivity index is 2.85. The second-order valence-electron chi connectivity index (χ2n) is 4.64. The largest absolute Gasteiger partial charge is 0.395 e. The van der Waals surface area contributed by atoms with E-state index in [1.807, 2.05) is 0 Å². The van der Waals surface area contributed by atoms with Gasteiger partial charge in [0.1, 0.15) is 11.4 Å². The molecule has 108 valence electrons. The van der Waals surface area contributed by atoms with Gasteiger partial charge in [-0.15, -0.1) is 0 Å². The molecule has 20 heavy (non-hydrogen) atoms. The van der Waals surface area contributed by atoms with Gasteiger partial charge in [0.05, 0.1) is 12.3 Å². The van der Waals surface area contributed by atoms with Crippen molar-refractivity contribution in [2.24, 2.45) is 0 Å². The fraction of sp³-hybridized carbons (Fsp3) is 0.400. The van der Waals surface area contributed by atoms with Gasteiger partial charge in [0.2, 0.25) is 0 Å². The first-order chi connectivity index (χ1) is 9.40. The van der Waals surface area contributed by atoms with Gasteiger partial charge < -0.3 is 15.2 Å². The zero-order valence-electron chi connectivity index (χ0n) is 11.8. The molecular formula is C15H18FNO3. The average Bonchev–Trinajstić information content (AvgIpc) is 2.41. The standard InChI is InChI=1S/C15H18FNO3/c1-15(2,20-3)14(19)17-13-8-7-11(10-12(13)16)6-4-5-9-18/h7-8,10,18H,5,9H2,1-3H3,(H,17,19). The molecule has 1 aromatic carbocycles. The van der Waals surface area contributed by atoms with Crippen LogP contribution in [-0.4, -0.2) is 30.3 Å². The van der Waals surface area contributed by atoms with Gasteiger partial charge >= 0.3 is 0 Å². The van der Waals surface area contributed by atoms with Crippen LogP contribution in [0.15, 0.2) is 18.2 Å². The zero-order chi connectivity index (χ0) is 15.2. The number of carbonyl (C=O) groups excluding carboxylic acids is 1. The molecule has 0 unspecified atom stereocenters. The summed E-state index contributed by atoms with van der Waals surface area (Å²) < 4.78 is 18.9. The number of methoxy groups -OCH3 is 1. The third-order valence-corrected chi connectivity index (χ3v) is 2.74. The summed E-state index contributed by atoms with van der Waals surface area (Å²) >= 11 is 0. The van der Waals surface area contributed by atoms with Crippen LogP contribution in [0.2, 0.25) is 0 Å². The van der Waals surface area contributed by atoms with Gasteiger partial charge in [-0.05, 0) is 32.0 Å². The minimum absolute atomic E-state index is 0.0320. The Kier molecular flexibility index (Phi) is 5.68. The van der Waals surface area contributed by atoms with E-state index < -0.39 is 17.3 Å². The molecule has 0 saturated heterocycles. The van der Waals surface area contributed by atoms with Crippen LogP contribution in [0.5, 0.6) is 0 Å². The summed E-state index contributed by atoms with van der Waals surface area (Å²) in [5.41, 5.74) is -0.473. The quantitative estimate of drug-likeness (QED) is 0.828. The molecule has 0 bridgehead atoms. The number of amides is 1. The molecule has 0 heterocycles. The Hall–Kier alpha value is -1.90. The molecular weight excluding hydrogens is 261 g/mol. The van der Waals surface area contributed by atoms with Gasteiger partial charge in [0.15, 0.2) is 0 Å². The van der Waals surface area contributed by atoms with Gasteiger partial charge in [-0.25, -0.2) is 4.39 Å². The normalized spacial score (nSPS) is 10.7. The number of rotatable bonds is 4. The Morgan fingerprint density at radius 2 is 2.20 bits per heavy atom. The van der Waals surface area contributed by atoms with Crippen molar-refractivity contribution in [3.8, 4) is 11.8 Å². The topological polar surface area (TPSA) is 58.6 Å². The first-order valence-electron chi connectivity index (χ1n) is 6.16. The Labute approximate surface area is 117 Å². The lowest BCUT2D eigenvalue weighted by Crippen LogP contribution is -2.39. The molecule has 0 spiro atoms. The van der Waals surface area contributed by atoms with Crippen molar-refractivity contribution in [1.29, 1.82) is 0 Å². The third kappa shape index (κ3) is 4.34. The van der Waals surface area contributed by atoms with Crippen LogP contribution in [0.3, 0.4) is 0 Å². The maximum absolute atomic E-state index is 13.8. The van der Waals surface area contributed by atoms with Crippen LogP contribution in [0.25, 0.3) is 0 Å². The van der Waals surface area contributed by atoms with E-state index >= 15 is 0 Å². The molecule has 0 fully saturated rings. The van der Waals surface area contributed by atoms with Crippen molar-refractivity contribution in [3.05, 3.63) is 29.6 Å². The molecule has 2 N–H and O–H groups in total. The smallest absolute Gasteiger partial charge is 0.256 e. The highest BCUT2D eigenvalue weighted by Gasteiger charge is 2.27. The van der Waals surface area contributed by atoms with E-state index in [1.54, 1.807) is 19.9 Å². The summed E-state index contributed by atoms with van der Waals surface area (Å²) in [6, 6.07) is 4.28. The molecule has 4 nitrogen and oxygen atoms in total. The maximum Gasteiger partial charge on any atom is 0.256 e. The second-order valence-corrected chi connectivity index (χ2v) is 4.64. The van der Waals surface area contributed by atoms with E-state index in [4.69, 9.17) is 9.84 Å². The molecule has 5 heteroatoms. The molecule has 0 aliphatic heterocycles. The van der Waals surface area contributed by atoms with Crippen molar-refractivity contribution in [2.75, 3.05) is 19.0 Å². The van der Waals surface area contributed by atoms with Crippen molar-refractivity contribution in [3.63, 3.8) is 0 Å². The number of anilines is 1. The molecule has 1 amide bonds. The lowest BCUT2D eigenvalue weighted by atomic mass is 10.1. The number of ether oxygens (including phenoxy) is 1. The van der Waals surface area contributed by atoms with Gasteiger partial charge in [-0.2, -0.15) is 0 Å². The number of aliphatic hydroxyl groups excluding tert-OH is 1. The van der Waals surface area contributed by atoms with Crippen molar-refractivity contribution >= 4 is 11.6 Å². The van der Waals surface area contributed by atoms with Gasteiger partial charge in [0, 0.05) is 19.1 Å². The third-order valence-electron chi connectivity index (χ3n) is 2.74. The summed E-state index contributed by atoms with van der Waals surface area (Å²) in [6.07, 6.45) is 0.335. The van der Waals surface area contributed by atoms with Gasteiger partial charge in [-0.1, -0.05) is 11.8 Å². The zero-order valence-corrected chi connectivity index (χ0v) is 11.8. The summed E-state index contributed by atoms with van der Waals surface area (Å²) in [6.45, 7) is 3.15. The number of hydrogen-bond acceptors (Lipinski definition) is 3. The van der Waals surface area contributed by atoms with E-state index in [2.05, 4.69) is 17.2 Å². The molecule has 0 atom stereocenters. The van der Waals surface area contributed by atoms with Crippen LogP contribution < -0.4 is 5.32 Å². The number of carbonyl (C=O) groups is 1. The summed E-state index contributed by atoms with van der Waals surface area (Å²) in [7, 11) is 1.41. The predicted molar refractivity (Wildman–Crippen MR) is 74.7 cm³/mol. The first kappa shape index (κ1) is 16.2.